The number of rotatable bonds is 1. The highest BCUT2D eigenvalue weighted by molar-refractivity contribution is 5.71. The van der Waals surface area contributed by atoms with Crippen molar-refractivity contribution < 1.29 is 0 Å². The molecule has 2 nitrogen and oxygen atoms in total. The van der Waals surface area contributed by atoms with Gasteiger partial charge >= 0.3 is 0 Å². The minimum atomic E-state index is 0.0391. The van der Waals surface area contributed by atoms with E-state index in [4.69, 9.17) is 0 Å². The van der Waals surface area contributed by atoms with Crippen LogP contribution in [0.1, 0.15) is 30.7 Å². The van der Waals surface area contributed by atoms with Crippen molar-refractivity contribution in [1.82, 2.24) is 4.98 Å². The molecule has 14 heavy (non-hydrogen) atoms. The Hall–Kier alpha value is -1.31. The largest absolute Gasteiger partial charge is 0.322 e. The Balaban J connectivity index is 2.57. The van der Waals surface area contributed by atoms with Crippen LogP contribution in [0.3, 0.4) is 0 Å². The van der Waals surface area contributed by atoms with Gasteiger partial charge in [-0.1, -0.05) is 19.9 Å². The molecule has 1 N–H and O–H groups in total. The van der Waals surface area contributed by atoms with Crippen LogP contribution >= 0.6 is 0 Å². The standard InChI is InChI=1S/C12H15NO/c1-7(2)10-5-4-9-6-8(3)12(14)13-11(9)10/h5-7H,4H2,1-3H3,(H,13,14). The molecule has 0 unspecified atom stereocenters. The van der Waals surface area contributed by atoms with E-state index in [2.05, 4.69) is 24.9 Å². The van der Waals surface area contributed by atoms with E-state index in [0.717, 1.165) is 17.7 Å². The van der Waals surface area contributed by atoms with Gasteiger partial charge in [0.15, 0.2) is 0 Å². The summed E-state index contributed by atoms with van der Waals surface area (Å²) in [4.78, 5) is 14.4. The quantitative estimate of drug-likeness (QED) is 0.722. The third-order valence-electron chi connectivity index (χ3n) is 2.76. The van der Waals surface area contributed by atoms with Crippen LogP contribution in [0.5, 0.6) is 0 Å². The van der Waals surface area contributed by atoms with Gasteiger partial charge in [0.05, 0.1) is 0 Å². The Labute approximate surface area is 83.7 Å². The summed E-state index contributed by atoms with van der Waals surface area (Å²) in [5.41, 5.74) is 4.43. The third-order valence-corrected chi connectivity index (χ3v) is 2.76. The van der Waals surface area contributed by atoms with Gasteiger partial charge in [-0.05, 0) is 36.5 Å². The summed E-state index contributed by atoms with van der Waals surface area (Å²) in [7, 11) is 0. The fourth-order valence-corrected chi connectivity index (χ4v) is 1.96. The van der Waals surface area contributed by atoms with Crippen LogP contribution in [0, 0.1) is 12.8 Å². The lowest BCUT2D eigenvalue weighted by atomic mass is 10.0. The molecule has 0 saturated carbocycles. The van der Waals surface area contributed by atoms with Crippen LogP contribution in [-0.4, -0.2) is 4.98 Å². The van der Waals surface area contributed by atoms with E-state index < -0.39 is 0 Å². The number of hydrogen-bond acceptors (Lipinski definition) is 1. The molecule has 2 rings (SSSR count). The number of pyridine rings is 1. The highest BCUT2D eigenvalue weighted by atomic mass is 16.1. The van der Waals surface area contributed by atoms with Gasteiger partial charge < -0.3 is 4.98 Å². The predicted molar refractivity (Wildman–Crippen MR) is 58.3 cm³/mol. The Kier molecular flexibility index (Phi) is 2.06. The molecule has 0 amide bonds. The molecule has 74 valence electrons. The molecular weight excluding hydrogens is 174 g/mol. The normalized spacial score (nSPS) is 14.4. The van der Waals surface area contributed by atoms with Gasteiger partial charge in [0, 0.05) is 11.3 Å². The second-order valence-electron chi connectivity index (χ2n) is 4.20. The molecule has 1 aromatic rings. The first-order chi connectivity index (χ1) is 6.59. The van der Waals surface area contributed by atoms with E-state index in [1.165, 1.54) is 11.1 Å². The smallest absolute Gasteiger partial charge is 0.251 e. The maximum absolute atomic E-state index is 11.5. The number of fused-ring (bicyclic) bond motifs is 1. The van der Waals surface area contributed by atoms with Crippen LogP contribution in [0.4, 0.5) is 0 Å². The van der Waals surface area contributed by atoms with Crippen molar-refractivity contribution >= 4 is 5.57 Å². The molecule has 0 bridgehead atoms. The summed E-state index contributed by atoms with van der Waals surface area (Å²) in [5, 5.41) is 0. The molecule has 1 aliphatic rings. The molecule has 1 aromatic heterocycles. The Morgan fingerprint density at radius 2 is 2.14 bits per heavy atom. The van der Waals surface area contributed by atoms with Crippen LogP contribution in [0.2, 0.25) is 0 Å². The van der Waals surface area contributed by atoms with Crippen LogP contribution < -0.4 is 5.56 Å². The van der Waals surface area contributed by atoms with Crippen molar-refractivity contribution in [3.05, 3.63) is 39.3 Å². The summed E-state index contributed by atoms with van der Waals surface area (Å²) in [5.74, 6) is 0.481. The first-order valence-corrected chi connectivity index (χ1v) is 5.03. The monoisotopic (exact) mass is 189 g/mol. The molecule has 1 aliphatic carbocycles. The van der Waals surface area contributed by atoms with Crippen molar-refractivity contribution in [2.24, 2.45) is 5.92 Å². The third kappa shape index (κ3) is 1.31. The molecule has 0 saturated heterocycles. The van der Waals surface area contributed by atoms with Gasteiger partial charge in [0.1, 0.15) is 0 Å². The summed E-state index contributed by atoms with van der Waals surface area (Å²) in [6, 6.07) is 2.00. The molecule has 0 fully saturated rings. The molecule has 0 aliphatic heterocycles. The topological polar surface area (TPSA) is 32.9 Å². The average Bonchev–Trinajstić information content (AvgIpc) is 2.48. The van der Waals surface area contributed by atoms with E-state index >= 15 is 0 Å². The van der Waals surface area contributed by atoms with Crippen LogP contribution in [-0.2, 0) is 6.42 Å². The van der Waals surface area contributed by atoms with Gasteiger partial charge in [-0.3, -0.25) is 4.79 Å². The highest BCUT2D eigenvalue weighted by Crippen LogP contribution is 2.30. The van der Waals surface area contributed by atoms with Gasteiger partial charge in [0.25, 0.3) is 5.56 Å². The lowest BCUT2D eigenvalue weighted by molar-refractivity contribution is 0.849. The van der Waals surface area contributed by atoms with Crippen molar-refractivity contribution in [2.45, 2.75) is 27.2 Å². The van der Waals surface area contributed by atoms with E-state index in [1.54, 1.807) is 0 Å². The molecule has 2 heteroatoms. The molecule has 0 aromatic carbocycles. The average molecular weight is 189 g/mol. The van der Waals surface area contributed by atoms with Gasteiger partial charge in [-0.25, -0.2) is 0 Å². The number of H-pyrrole nitrogens is 1. The van der Waals surface area contributed by atoms with Gasteiger partial charge in [-0.2, -0.15) is 0 Å². The van der Waals surface area contributed by atoms with Crippen molar-refractivity contribution in [3.8, 4) is 0 Å². The van der Waals surface area contributed by atoms with E-state index in [9.17, 15) is 4.79 Å². The number of aromatic nitrogens is 1. The molecule has 0 radical (unpaired) electrons. The van der Waals surface area contributed by atoms with E-state index in [1.807, 2.05) is 13.0 Å². The highest BCUT2D eigenvalue weighted by Gasteiger charge is 2.17. The zero-order chi connectivity index (χ0) is 10.3. The minimum absolute atomic E-state index is 0.0391. The number of nitrogens with one attached hydrogen (secondary N) is 1. The van der Waals surface area contributed by atoms with Crippen LogP contribution in [0.25, 0.3) is 5.57 Å². The lowest BCUT2D eigenvalue weighted by Crippen LogP contribution is -2.13. The van der Waals surface area contributed by atoms with Crippen LogP contribution in [0.15, 0.2) is 16.9 Å². The maximum Gasteiger partial charge on any atom is 0.251 e. The second kappa shape index (κ2) is 3.12. The fourth-order valence-electron chi connectivity index (χ4n) is 1.96. The summed E-state index contributed by atoms with van der Waals surface area (Å²) in [6.45, 7) is 6.16. The van der Waals surface area contributed by atoms with Gasteiger partial charge in [0.2, 0.25) is 0 Å². The van der Waals surface area contributed by atoms with Crippen molar-refractivity contribution in [2.75, 3.05) is 0 Å². The van der Waals surface area contributed by atoms with E-state index in [-0.39, 0.29) is 5.56 Å². The SMILES string of the molecule is Cc1cc2c([nH]c1=O)C(C(C)C)=CC2. The Morgan fingerprint density at radius 1 is 1.43 bits per heavy atom. The molecule has 0 atom stereocenters. The maximum atomic E-state index is 11.5. The first-order valence-electron chi connectivity index (χ1n) is 5.03. The predicted octanol–water partition coefficient (Wildman–Crippen LogP) is 2.28. The van der Waals surface area contributed by atoms with Gasteiger partial charge in [-0.15, -0.1) is 0 Å². The summed E-state index contributed by atoms with van der Waals surface area (Å²) < 4.78 is 0. The Bertz CT molecular complexity index is 452. The number of aromatic amines is 1. The van der Waals surface area contributed by atoms with Crippen molar-refractivity contribution in [3.63, 3.8) is 0 Å². The number of allylic oxidation sites excluding steroid dienone is 2. The summed E-state index contributed by atoms with van der Waals surface area (Å²) in [6.07, 6.45) is 3.17. The fraction of sp³-hybridized carbons (Fsp3) is 0.417. The summed E-state index contributed by atoms with van der Waals surface area (Å²) >= 11 is 0. The minimum Gasteiger partial charge on any atom is -0.322 e. The van der Waals surface area contributed by atoms with E-state index in [0.29, 0.717) is 5.92 Å². The number of hydrogen-bond donors (Lipinski definition) is 1. The van der Waals surface area contributed by atoms with Crippen molar-refractivity contribution in [1.29, 1.82) is 0 Å². The Morgan fingerprint density at radius 3 is 2.79 bits per heavy atom. The zero-order valence-electron chi connectivity index (χ0n) is 8.85. The first kappa shape index (κ1) is 9.25. The lowest BCUT2D eigenvalue weighted by Gasteiger charge is -2.09. The number of aryl methyl sites for hydroxylation is 1. The second-order valence-corrected chi connectivity index (χ2v) is 4.20. The molecule has 1 heterocycles. The molecular formula is C12H15NO. The molecule has 0 spiro atoms. The zero-order valence-corrected chi connectivity index (χ0v) is 8.85.